The van der Waals surface area contributed by atoms with Crippen LogP contribution in [0, 0.1) is 5.92 Å². The van der Waals surface area contributed by atoms with Crippen molar-refractivity contribution in [3.8, 4) is 5.75 Å². The first-order chi connectivity index (χ1) is 9.34. The Labute approximate surface area is 115 Å². The zero-order valence-corrected chi connectivity index (χ0v) is 11.4. The van der Waals surface area contributed by atoms with Gasteiger partial charge < -0.3 is 4.74 Å². The summed E-state index contributed by atoms with van der Waals surface area (Å²) in [6.45, 7) is 0. The molecule has 0 bridgehead atoms. The number of benzene rings is 1. The van der Waals surface area contributed by atoms with E-state index in [-0.39, 0.29) is 11.9 Å². The smallest absolute Gasteiger partial charge is 0.170 e. The second-order valence-electron chi connectivity index (χ2n) is 5.88. The molecule has 1 aliphatic heterocycles. The van der Waals surface area contributed by atoms with Crippen LogP contribution in [-0.2, 0) is 0 Å². The van der Waals surface area contributed by atoms with E-state index >= 15 is 0 Å². The molecule has 1 aliphatic carbocycles. The first-order valence-electron chi connectivity index (χ1n) is 7.63. The summed E-state index contributed by atoms with van der Waals surface area (Å²) in [7, 11) is 0. The van der Waals surface area contributed by atoms with Gasteiger partial charge in [0.1, 0.15) is 11.9 Å². The molecule has 0 spiro atoms. The van der Waals surface area contributed by atoms with Gasteiger partial charge in [-0.3, -0.25) is 4.79 Å². The van der Waals surface area contributed by atoms with E-state index in [9.17, 15) is 4.79 Å². The van der Waals surface area contributed by atoms with Crippen molar-refractivity contribution in [1.82, 2.24) is 0 Å². The van der Waals surface area contributed by atoms with E-state index in [2.05, 4.69) is 0 Å². The zero-order chi connectivity index (χ0) is 13.1. The highest BCUT2D eigenvalue weighted by Gasteiger charge is 2.31. The van der Waals surface area contributed by atoms with Crippen LogP contribution < -0.4 is 4.74 Å². The average molecular weight is 258 g/mol. The summed E-state index contributed by atoms with van der Waals surface area (Å²) in [5.74, 6) is 1.62. The van der Waals surface area contributed by atoms with Crippen LogP contribution in [0.1, 0.15) is 61.7 Å². The van der Waals surface area contributed by atoms with Crippen LogP contribution in [-0.4, -0.2) is 11.9 Å². The van der Waals surface area contributed by atoms with Crippen molar-refractivity contribution in [3.63, 3.8) is 0 Å². The molecule has 2 heteroatoms. The maximum absolute atomic E-state index is 12.2. The van der Waals surface area contributed by atoms with Gasteiger partial charge in [-0.05, 0) is 30.9 Å². The lowest BCUT2D eigenvalue weighted by Crippen LogP contribution is -2.34. The fraction of sp³-hybridized carbons (Fsp3) is 0.588. The summed E-state index contributed by atoms with van der Waals surface area (Å²) in [4.78, 5) is 12.2. The topological polar surface area (TPSA) is 26.3 Å². The van der Waals surface area contributed by atoms with Gasteiger partial charge in [-0.1, -0.05) is 44.2 Å². The Hall–Kier alpha value is -1.31. The molecule has 2 aliphatic rings. The van der Waals surface area contributed by atoms with Crippen LogP contribution in [0.3, 0.4) is 0 Å². The highest BCUT2D eigenvalue weighted by molar-refractivity contribution is 5.99. The van der Waals surface area contributed by atoms with Crippen molar-refractivity contribution in [3.05, 3.63) is 29.8 Å². The quantitative estimate of drug-likeness (QED) is 0.747. The Bertz CT molecular complexity index is 444. The van der Waals surface area contributed by atoms with Crippen molar-refractivity contribution < 1.29 is 9.53 Å². The molecule has 102 valence electrons. The average Bonchev–Trinajstić information content (AvgIpc) is 2.38. The van der Waals surface area contributed by atoms with Crippen molar-refractivity contribution in [2.45, 2.75) is 57.5 Å². The van der Waals surface area contributed by atoms with Gasteiger partial charge >= 0.3 is 0 Å². The Morgan fingerprint density at radius 3 is 2.42 bits per heavy atom. The number of hydrogen-bond acceptors (Lipinski definition) is 2. The molecular formula is C17H22O2. The summed E-state index contributed by atoms with van der Waals surface area (Å²) in [5, 5.41) is 0. The molecule has 3 rings (SSSR count). The van der Waals surface area contributed by atoms with Gasteiger partial charge in [0.2, 0.25) is 0 Å². The van der Waals surface area contributed by atoms with Gasteiger partial charge in [0.15, 0.2) is 5.78 Å². The summed E-state index contributed by atoms with van der Waals surface area (Å²) in [5.41, 5.74) is 0.768. The summed E-state index contributed by atoms with van der Waals surface area (Å²) < 4.78 is 6.12. The van der Waals surface area contributed by atoms with Crippen LogP contribution in [0.4, 0.5) is 0 Å². The molecule has 1 aromatic carbocycles. The molecule has 1 heterocycles. The minimum Gasteiger partial charge on any atom is -0.489 e. The number of Topliss-reactive ketones (excluding diaryl/α,β-unsaturated/α-hetero) is 1. The molecule has 1 fully saturated rings. The molecule has 1 atom stereocenters. The minimum absolute atomic E-state index is 0.112. The Morgan fingerprint density at radius 2 is 1.63 bits per heavy atom. The molecule has 19 heavy (non-hydrogen) atoms. The number of carbonyl (C=O) groups is 1. The fourth-order valence-corrected chi connectivity index (χ4v) is 3.42. The first-order valence-corrected chi connectivity index (χ1v) is 7.63. The van der Waals surface area contributed by atoms with E-state index in [1.807, 2.05) is 24.3 Å². The van der Waals surface area contributed by atoms with Crippen molar-refractivity contribution in [2.75, 3.05) is 0 Å². The first kappa shape index (κ1) is 12.7. The maximum atomic E-state index is 12.2. The molecule has 0 amide bonds. The molecule has 1 saturated carbocycles. The second kappa shape index (κ2) is 5.77. The van der Waals surface area contributed by atoms with Crippen LogP contribution in [0.2, 0.25) is 0 Å². The van der Waals surface area contributed by atoms with Crippen LogP contribution in [0.15, 0.2) is 24.3 Å². The lowest BCUT2D eigenvalue weighted by atomic mass is 9.83. The van der Waals surface area contributed by atoms with Gasteiger partial charge in [-0.2, -0.15) is 0 Å². The SMILES string of the molecule is O=C1CC(C2CCCCCCC2)Oc2ccccc21. The van der Waals surface area contributed by atoms with Gasteiger partial charge in [-0.15, -0.1) is 0 Å². The van der Waals surface area contributed by atoms with Crippen molar-refractivity contribution in [2.24, 2.45) is 5.92 Å². The Balaban J connectivity index is 1.74. The monoisotopic (exact) mass is 258 g/mol. The van der Waals surface area contributed by atoms with Gasteiger partial charge in [0, 0.05) is 6.42 Å². The third kappa shape index (κ3) is 2.83. The normalized spacial score (nSPS) is 25.1. The van der Waals surface area contributed by atoms with Crippen molar-refractivity contribution in [1.29, 1.82) is 0 Å². The number of ether oxygens (including phenoxy) is 1. The van der Waals surface area contributed by atoms with Gasteiger partial charge in [0.25, 0.3) is 0 Å². The van der Waals surface area contributed by atoms with E-state index in [4.69, 9.17) is 4.74 Å². The minimum atomic E-state index is 0.112. The number of para-hydroxylation sites is 1. The number of carbonyl (C=O) groups excluding carboxylic acids is 1. The van der Waals surface area contributed by atoms with Crippen LogP contribution in [0.25, 0.3) is 0 Å². The standard InChI is InChI=1S/C17H22O2/c18-15-12-17(13-8-4-2-1-3-5-9-13)19-16-11-7-6-10-14(15)16/h6-7,10-11,13,17H,1-5,8-9,12H2. The second-order valence-corrected chi connectivity index (χ2v) is 5.88. The molecule has 2 nitrogen and oxygen atoms in total. The van der Waals surface area contributed by atoms with E-state index in [1.165, 1.54) is 44.9 Å². The third-order valence-electron chi connectivity index (χ3n) is 4.53. The Morgan fingerprint density at radius 1 is 0.947 bits per heavy atom. The number of rotatable bonds is 1. The number of hydrogen-bond donors (Lipinski definition) is 0. The summed E-state index contributed by atoms with van der Waals surface area (Å²) in [6.07, 6.45) is 9.77. The maximum Gasteiger partial charge on any atom is 0.170 e. The van der Waals surface area contributed by atoms with Crippen LogP contribution in [0.5, 0.6) is 5.75 Å². The highest BCUT2D eigenvalue weighted by Crippen LogP contribution is 2.34. The van der Waals surface area contributed by atoms with E-state index in [0.717, 1.165) is 11.3 Å². The zero-order valence-electron chi connectivity index (χ0n) is 11.4. The largest absolute Gasteiger partial charge is 0.489 e. The van der Waals surface area contributed by atoms with Crippen molar-refractivity contribution >= 4 is 5.78 Å². The van der Waals surface area contributed by atoms with Gasteiger partial charge in [-0.25, -0.2) is 0 Å². The Kier molecular flexibility index (Phi) is 3.86. The summed E-state index contributed by atoms with van der Waals surface area (Å²) in [6, 6.07) is 7.68. The molecular weight excluding hydrogens is 236 g/mol. The molecule has 1 unspecified atom stereocenters. The predicted octanol–water partition coefficient (Wildman–Crippen LogP) is 4.38. The molecule has 1 aromatic rings. The number of fused-ring (bicyclic) bond motifs is 1. The summed E-state index contributed by atoms with van der Waals surface area (Å²) >= 11 is 0. The fourth-order valence-electron chi connectivity index (χ4n) is 3.42. The molecule has 0 radical (unpaired) electrons. The van der Waals surface area contributed by atoms with Crippen LogP contribution >= 0.6 is 0 Å². The predicted molar refractivity (Wildman–Crippen MR) is 75.6 cm³/mol. The van der Waals surface area contributed by atoms with E-state index in [1.54, 1.807) is 0 Å². The highest BCUT2D eigenvalue weighted by atomic mass is 16.5. The van der Waals surface area contributed by atoms with Gasteiger partial charge in [0.05, 0.1) is 5.56 Å². The lowest BCUT2D eigenvalue weighted by molar-refractivity contribution is 0.0679. The van der Waals surface area contributed by atoms with E-state index < -0.39 is 0 Å². The lowest BCUT2D eigenvalue weighted by Gasteiger charge is -2.32. The molecule has 0 aromatic heterocycles. The molecule has 0 N–H and O–H groups in total. The third-order valence-corrected chi connectivity index (χ3v) is 4.53. The van der Waals surface area contributed by atoms with E-state index in [0.29, 0.717) is 12.3 Å². The molecule has 0 saturated heterocycles. The number of ketones is 1.